The summed E-state index contributed by atoms with van der Waals surface area (Å²) in [5.74, 6) is 0.566. The fraction of sp³-hybridized carbons (Fsp3) is 0.538. The Hall–Kier alpha value is 0.140. The van der Waals surface area contributed by atoms with Crippen LogP contribution < -0.4 is 0 Å². The molecule has 0 saturated heterocycles. The SMILES string of the molecule is CCOCCCC(CBr)c1ccccc1Br. The van der Waals surface area contributed by atoms with Gasteiger partial charge in [-0.15, -0.1) is 0 Å². The lowest BCUT2D eigenvalue weighted by Gasteiger charge is -2.16. The third-order valence-electron chi connectivity index (χ3n) is 2.58. The third-order valence-corrected chi connectivity index (χ3v) is 4.08. The summed E-state index contributed by atoms with van der Waals surface area (Å²) in [4.78, 5) is 0. The van der Waals surface area contributed by atoms with Crippen molar-refractivity contribution in [1.82, 2.24) is 0 Å². The average molecular weight is 350 g/mol. The predicted octanol–water partition coefficient (Wildman–Crippen LogP) is 4.74. The summed E-state index contributed by atoms with van der Waals surface area (Å²) >= 11 is 7.20. The molecule has 0 heterocycles. The number of halogens is 2. The van der Waals surface area contributed by atoms with Crippen LogP contribution in [-0.2, 0) is 4.74 Å². The van der Waals surface area contributed by atoms with Gasteiger partial charge in [0, 0.05) is 23.0 Å². The van der Waals surface area contributed by atoms with Crippen molar-refractivity contribution >= 4 is 31.9 Å². The highest BCUT2D eigenvalue weighted by Crippen LogP contribution is 2.29. The Morgan fingerprint density at radius 2 is 2.06 bits per heavy atom. The monoisotopic (exact) mass is 348 g/mol. The predicted molar refractivity (Wildman–Crippen MR) is 76.4 cm³/mol. The molecule has 1 unspecified atom stereocenters. The van der Waals surface area contributed by atoms with Crippen LogP contribution in [-0.4, -0.2) is 18.5 Å². The van der Waals surface area contributed by atoms with Crippen molar-refractivity contribution in [3.05, 3.63) is 34.3 Å². The Labute approximate surface area is 115 Å². The Balaban J connectivity index is 2.51. The maximum Gasteiger partial charge on any atom is 0.0466 e. The normalized spacial score (nSPS) is 12.7. The first-order valence-corrected chi connectivity index (χ1v) is 7.59. The highest BCUT2D eigenvalue weighted by molar-refractivity contribution is 9.10. The lowest BCUT2D eigenvalue weighted by Crippen LogP contribution is -2.04. The van der Waals surface area contributed by atoms with E-state index in [-0.39, 0.29) is 0 Å². The second-order valence-corrected chi connectivity index (χ2v) is 5.21. The molecule has 0 aliphatic rings. The van der Waals surface area contributed by atoms with Crippen LogP contribution in [0.25, 0.3) is 0 Å². The van der Waals surface area contributed by atoms with Crippen molar-refractivity contribution in [2.75, 3.05) is 18.5 Å². The summed E-state index contributed by atoms with van der Waals surface area (Å²) in [6.45, 7) is 3.72. The number of alkyl halides is 1. The van der Waals surface area contributed by atoms with Crippen molar-refractivity contribution in [2.45, 2.75) is 25.7 Å². The number of hydrogen-bond acceptors (Lipinski definition) is 1. The fourth-order valence-electron chi connectivity index (χ4n) is 1.70. The summed E-state index contributed by atoms with van der Waals surface area (Å²) in [7, 11) is 0. The van der Waals surface area contributed by atoms with Crippen LogP contribution in [0.5, 0.6) is 0 Å². The van der Waals surface area contributed by atoms with E-state index in [4.69, 9.17) is 4.74 Å². The lowest BCUT2D eigenvalue weighted by atomic mass is 9.96. The van der Waals surface area contributed by atoms with Crippen molar-refractivity contribution in [3.8, 4) is 0 Å². The Morgan fingerprint density at radius 1 is 1.31 bits per heavy atom. The molecule has 90 valence electrons. The van der Waals surface area contributed by atoms with E-state index in [1.54, 1.807) is 0 Å². The fourth-order valence-corrected chi connectivity index (χ4v) is 2.98. The third kappa shape index (κ3) is 4.56. The second kappa shape index (κ2) is 8.26. The molecule has 1 rings (SSSR count). The molecule has 0 spiro atoms. The molecule has 0 aromatic heterocycles. The second-order valence-electron chi connectivity index (χ2n) is 3.71. The number of hydrogen-bond donors (Lipinski definition) is 0. The Morgan fingerprint density at radius 3 is 2.69 bits per heavy atom. The summed E-state index contributed by atoms with van der Waals surface area (Å²) in [6, 6.07) is 8.45. The van der Waals surface area contributed by atoms with Gasteiger partial charge in [0.25, 0.3) is 0 Å². The van der Waals surface area contributed by atoms with Gasteiger partial charge in [0.2, 0.25) is 0 Å². The van der Waals surface area contributed by atoms with Crippen molar-refractivity contribution < 1.29 is 4.74 Å². The molecule has 0 saturated carbocycles. The molecule has 1 nitrogen and oxygen atoms in total. The van der Waals surface area contributed by atoms with Gasteiger partial charge >= 0.3 is 0 Å². The quantitative estimate of drug-likeness (QED) is 0.510. The minimum atomic E-state index is 0.566. The molecule has 1 aromatic rings. The van der Waals surface area contributed by atoms with E-state index < -0.39 is 0 Å². The van der Waals surface area contributed by atoms with Crippen LogP contribution in [0.15, 0.2) is 28.7 Å². The van der Waals surface area contributed by atoms with E-state index in [0.717, 1.165) is 31.4 Å². The highest BCUT2D eigenvalue weighted by atomic mass is 79.9. The molecule has 0 N–H and O–H groups in total. The van der Waals surface area contributed by atoms with Gasteiger partial charge in [-0.05, 0) is 37.3 Å². The first-order valence-electron chi connectivity index (χ1n) is 5.67. The van der Waals surface area contributed by atoms with Crippen molar-refractivity contribution in [3.63, 3.8) is 0 Å². The van der Waals surface area contributed by atoms with Gasteiger partial charge in [-0.3, -0.25) is 0 Å². The van der Waals surface area contributed by atoms with Gasteiger partial charge in [0.05, 0.1) is 0 Å². The van der Waals surface area contributed by atoms with E-state index in [1.807, 2.05) is 6.92 Å². The largest absolute Gasteiger partial charge is 0.382 e. The van der Waals surface area contributed by atoms with E-state index in [2.05, 4.69) is 56.1 Å². The summed E-state index contributed by atoms with van der Waals surface area (Å²) in [5, 5.41) is 1.00. The van der Waals surface area contributed by atoms with Crippen LogP contribution in [0.3, 0.4) is 0 Å². The lowest BCUT2D eigenvalue weighted by molar-refractivity contribution is 0.142. The van der Waals surface area contributed by atoms with Gasteiger partial charge in [-0.25, -0.2) is 0 Å². The first kappa shape index (κ1) is 14.2. The molecule has 0 aliphatic carbocycles. The molecule has 0 aliphatic heterocycles. The van der Waals surface area contributed by atoms with Crippen LogP contribution in [0.2, 0.25) is 0 Å². The van der Waals surface area contributed by atoms with Crippen LogP contribution >= 0.6 is 31.9 Å². The van der Waals surface area contributed by atoms with Crippen molar-refractivity contribution in [1.29, 1.82) is 0 Å². The molecule has 1 atom stereocenters. The summed E-state index contributed by atoms with van der Waals surface area (Å²) in [5.41, 5.74) is 1.39. The minimum absolute atomic E-state index is 0.566. The molecule has 16 heavy (non-hydrogen) atoms. The summed E-state index contributed by atoms with van der Waals surface area (Å²) in [6.07, 6.45) is 2.28. The maximum absolute atomic E-state index is 5.37. The molecule has 0 amide bonds. The molecule has 0 bridgehead atoms. The van der Waals surface area contributed by atoms with Crippen molar-refractivity contribution in [2.24, 2.45) is 0 Å². The molecule has 0 radical (unpaired) electrons. The van der Waals surface area contributed by atoms with E-state index in [9.17, 15) is 0 Å². The average Bonchev–Trinajstić information content (AvgIpc) is 2.31. The van der Waals surface area contributed by atoms with Crippen LogP contribution in [0.4, 0.5) is 0 Å². The van der Waals surface area contributed by atoms with Gasteiger partial charge in [0.15, 0.2) is 0 Å². The van der Waals surface area contributed by atoms with Crippen LogP contribution in [0.1, 0.15) is 31.2 Å². The van der Waals surface area contributed by atoms with E-state index >= 15 is 0 Å². The zero-order chi connectivity index (χ0) is 11.8. The first-order chi connectivity index (χ1) is 7.79. The highest BCUT2D eigenvalue weighted by Gasteiger charge is 2.12. The van der Waals surface area contributed by atoms with E-state index in [0.29, 0.717) is 5.92 Å². The van der Waals surface area contributed by atoms with Gasteiger partial charge in [-0.1, -0.05) is 50.1 Å². The number of ether oxygens (including phenoxy) is 1. The van der Waals surface area contributed by atoms with Gasteiger partial charge in [-0.2, -0.15) is 0 Å². The molecular formula is C13H18Br2O. The topological polar surface area (TPSA) is 9.23 Å². The smallest absolute Gasteiger partial charge is 0.0466 e. The zero-order valence-electron chi connectivity index (χ0n) is 9.59. The molecule has 0 fully saturated rings. The van der Waals surface area contributed by atoms with Crippen LogP contribution in [0, 0.1) is 0 Å². The zero-order valence-corrected chi connectivity index (χ0v) is 12.8. The van der Waals surface area contributed by atoms with E-state index in [1.165, 1.54) is 10.0 Å². The summed E-state index contributed by atoms with van der Waals surface area (Å²) < 4.78 is 6.57. The Kier molecular flexibility index (Phi) is 7.33. The number of rotatable bonds is 7. The molecular weight excluding hydrogens is 332 g/mol. The molecule has 3 heteroatoms. The minimum Gasteiger partial charge on any atom is -0.382 e. The standard InChI is InChI=1S/C13H18Br2O/c1-2-16-9-5-6-11(10-14)12-7-3-4-8-13(12)15/h3-4,7-8,11H,2,5-6,9-10H2,1H3. The van der Waals surface area contributed by atoms with Gasteiger partial charge < -0.3 is 4.74 Å². The van der Waals surface area contributed by atoms with Gasteiger partial charge in [0.1, 0.15) is 0 Å². The maximum atomic E-state index is 5.37. The Bertz CT molecular complexity index is 302. The molecule has 1 aromatic carbocycles. The number of benzene rings is 1.